The Balaban J connectivity index is 2.03. The number of carbonyl (C=O) groups excluding carboxylic acids is 1. The van der Waals surface area contributed by atoms with Crippen molar-refractivity contribution in [2.24, 2.45) is 0 Å². The molecule has 1 aliphatic rings. The van der Waals surface area contributed by atoms with Gasteiger partial charge in [-0.15, -0.1) is 0 Å². The van der Waals surface area contributed by atoms with Gasteiger partial charge in [0.1, 0.15) is 0 Å². The SMILES string of the molecule is CC(=O)N1CCc2cccc(Nc3ccnc(Cl)c3F)c21. The highest BCUT2D eigenvalue weighted by atomic mass is 35.5. The molecule has 2 heterocycles. The minimum absolute atomic E-state index is 0.0313. The molecule has 1 aromatic heterocycles. The van der Waals surface area contributed by atoms with E-state index in [1.165, 1.54) is 19.2 Å². The second-order valence-electron chi connectivity index (χ2n) is 4.82. The van der Waals surface area contributed by atoms with Crippen molar-refractivity contribution in [1.29, 1.82) is 0 Å². The molecule has 2 aromatic rings. The van der Waals surface area contributed by atoms with Gasteiger partial charge >= 0.3 is 0 Å². The highest BCUT2D eigenvalue weighted by Gasteiger charge is 2.25. The molecule has 1 N–H and O–H groups in total. The zero-order chi connectivity index (χ0) is 15.0. The van der Waals surface area contributed by atoms with Crippen molar-refractivity contribution < 1.29 is 9.18 Å². The van der Waals surface area contributed by atoms with E-state index in [4.69, 9.17) is 11.6 Å². The van der Waals surface area contributed by atoms with Gasteiger partial charge in [0.2, 0.25) is 5.91 Å². The summed E-state index contributed by atoms with van der Waals surface area (Å²) >= 11 is 5.69. The maximum atomic E-state index is 14.0. The number of para-hydroxylation sites is 1. The standard InChI is InChI=1S/C15H13ClFN3O/c1-9(21)20-8-6-10-3-2-4-12(14(10)20)19-11-5-7-18-15(16)13(11)17/h2-5,7H,6,8H2,1H3,(H,18,19). The van der Waals surface area contributed by atoms with Gasteiger partial charge in [-0.3, -0.25) is 4.79 Å². The lowest BCUT2D eigenvalue weighted by atomic mass is 10.1. The zero-order valence-electron chi connectivity index (χ0n) is 11.4. The maximum absolute atomic E-state index is 14.0. The van der Waals surface area contributed by atoms with Gasteiger partial charge in [0.15, 0.2) is 11.0 Å². The van der Waals surface area contributed by atoms with Crippen LogP contribution in [0, 0.1) is 5.82 Å². The Morgan fingerprint density at radius 3 is 2.95 bits per heavy atom. The minimum atomic E-state index is -0.607. The number of hydrogen-bond acceptors (Lipinski definition) is 3. The lowest BCUT2D eigenvalue weighted by Crippen LogP contribution is -2.26. The Morgan fingerprint density at radius 1 is 1.38 bits per heavy atom. The average molecular weight is 306 g/mol. The second-order valence-corrected chi connectivity index (χ2v) is 5.18. The number of anilines is 3. The van der Waals surface area contributed by atoms with Gasteiger partial charge < -0.3 is 10.2 Å². The van der Waals surface area contributed by atoms with Gasteiger partial charge in [-0.25, -0.2) is 9.37 Å². The molecule has 4 nitrogen and oxygen atoms in total. The summed E-state index contributed by atoms with van der Waals surface area (Å²) in [4.78, 5) is 17.1. The summed E-state index contributed by atoms with van der Waals surface area (Å²) in [6.07, 6.45) is 2.23. The molecule has 0 saturated heterocycles. The fraction of sp³-hybridized carbons (Fsp3) is 0.200. The maximum Gasteiger partial charge on any atom is 0.223 e. The van der Waals surface area contributed by atoms with Crippen LogP contribution < -0.4 is 10.2 Å². The van der Waals surface area contributed by atoms with Crippen LogP contribution in [-0.4, -0.2) is 17.4 Å². The van der Waals surface area contributed by atoms with E-state index in [0.717, 1.165) is 17.7 Å². The lowest BCUT2D eigenvalue weighted by Gasteiger charge is -2.19. The summed E-state index contributed by atoms with van der Waals surface area (Å²) in [5, 5.41) is 2.82. The number of pyridine rings is 1. The quantitative estimate of drug-likeness (QED) is 0.863. The molecule has 0 aliphatic carbocycles. The third-order valence-electron chi connectivity index (χ3n) is 3.49. The van der Waals surface area contributed by atoms with Crippen LogP contribution in [-0.2, 0) is 11.2 Å². The number of hydrogen-bond donors (Lipinski definition) is 1. The third-order valence-corrected chi connectivity index (χ3v) is 3.75. The van der Waals surface area contributed by atoms with Crippen molar-refractivity contribution in [3.63, 3.8) is 0 Å². The van der Waals surface area contributed by atoms with Gasteiger partial charge in [-0.05, 0) is 24.1 Å². The number of rotatable bonds is 2. The van der Waals surface area contributed by atoms with E-state index in [9.17, 15) is 9.18 Å². The molecule has 1 aromatic carbocycles. The van der Waals surface area contributed by atoms with E-state index < -0.39 is 5.82 Å². The summed E-state index contributed by atoms with van der Waals surface area (Å²) in [5.41, 5.74) is 2.79. The molecule has 0 radical (unpaired) electrons. The normalized spacial score (nSPS) is 13.2. The fourth-order valence-corrected chi connectivity index (χ4v) is 2.69. The average Bonchev–Trinajstić information content (AvgIpc) is 2.89. The molecule has 0 fully saturated rings. The highest BCUT2D eigenvalue weighted by Crippen LogP contribution is 2.37. The van der Waals surface area contributed by atoms with Crippen LogP contribution >= 0.6 is 11.6 Å². The molecule has 21 heavy (non-hydrogen) atoms. The predicted octanol–water partition coefficient (Wildman–Crippen LogP) is 3.53. The first-order valence-corrected chi connectivity index (χ1v) is 6.92. The van der Waals surface area contributed by atoms with Crippen LogP contribution in [0.15, 0.2) is 30.5 Å². The Hall–Kier alpha value is -2.14. The monoisotopic (exact) mass is 305 g/mol. The van der Waals surface area contributed by atoms with Gasteiger partial charge in [0.25, 0.3) is 0 Å². The predicted molar refractivity (Wildman–Crippen MR) is 80.7 cm³/mol. The molecule has 1 amide bonds. The van der Waals surface area contributed by atoms with Crippen LogP contribution in [0.25, 0.3) is 0 Å². The molecule has 0 unspecified atom stereocenters. The van der Waals surface area contributed by atoms with Gasteiger partial charge in [-0.2, -0.15) is 0 Å². The minimum Gasteiger partial charge on any atom is -0.351 e. The molecule has 6 heteroatoms. The van der Waals surface area contributed by atoms with E-state index in [1.807, 2.05) is 18.2 Å². The Kier molecular flexibility index (Phi) is 3.51. The van der Waals surface area contributed by atoms with Crippen LogP contribution in [0.1, 0.15) is 12.5 Å². The number of nitrogens with one attached hydrogen (secondary N) is 1. The van der Waals surface area contributed by atoms with Crippen molar-refractivity contribution in [3.05, 3.63) is 47.0 Å². The molecule has 0 bridgehead atoms. The van der Waals surface area contributed by atoms with E-state index in [2.05, 4.69) is 10.3 Å². The van der Waals surface area contributed by atoms with Gasteiger partial charge in [0.05, 0.1) is 17.1 Å². The van der Waals surface area contributed by atoms with Crippen LogP contribution in [0.5, 0.6) is 0 Å². The van der Waals surface area contributed by atoms with Crippen molar-refractivity contribution in [3.8, 4) is 0 Å². The first-order chi connectivity index (χ1) is 10.1. The number of benzene rings is 1. The summed E-state index contributed by atoms with van der Waals surface area (Å²) in [6.45, 7) is 2.17. The van der Waals surface area contributed by atoms with Crippen LogP contribution in [0.3, 0.4) is 0 Å². The largest absolute Gasteiger partial charge is 0.351 e. The van der Waals surface area contributed by atoms with E-state index >= 15 is 0 Å². The number of nitrogens with zero attached hydrogens (tertiary/aromatic N) is 2. The summed E-state index contributed by atoms with van der Waals surface area (Å²) < 4.78 is 14.0. The van der Waals surface area contributed by atoms with Crippen molar-refractivity contribution >= 4 is 34.6 Å². The molecule has 108 valence electrons. The van der Waals surface area contributed by atoms with E-state index in [1.54, 1.807) is 4.90 Å². The van der Waals surface area contributed by atoms with Crippen molar-refractivity contribution in [2.45, 2.75) is 13.3 Å². The van der Waals surface area contributed by atoms with Crippen molar-refractivity contribution in [2.75, 3.05) is 16.8 Å². The fourth-order valence-electron chi connectivity index (χ4n) is 2.53. The topological polar surface area (TPSA) is 45.2 Å². The van der Waals surface area contributed by atoms with E-state index in [0.29, 0.717) is 12.2 Å². The number of amides is 1. The Labute approximate surface area is 126 Å². The second kappa shape index (κ2) is 5.33. The van der Waals surface area contributed by atoms with Crippen LogP contribution in [0.2, 0.25) is 5.15 Å². The van der Waals surface area contributed by atoms with Gasteiger partial charge in [0, 0.05) is 19.7 Å². The number of halogens is 2. The lowest BCUT2D eigenvalue weighted by molar-refractivity contribution is -0.116. The summed E-state index contributed by atoms with van der Waals surface area (Å²) in [5.74, 6) is -0.639. The van der Waals surface area contributed by atoms with E-state index in [-0.39, 0.29) is 16.7 Å². The Bertz CT molecular complexity index is 720. The Morgan fingerprint density at radius 2 is 2.19 bits per heavy atom. The number of aromatic nitrogens is 1. The molecular formula is C15H13ClFN3O. The molecule has 0 spiro atoms. The summed E-state index contributed by atoms with van der Waals surface area (Å²) in [6, 6.07) is 7.17. The van der Waals surface area contributed by atoms with Gasteiger partial charge in [-0.1, -0.05) is 23.7 Å². The smallest absolute Gasteiger partial charge is 0.223 e. The molecule has 3 rings (SSSR count). The molecule has 0 saturated carbocycles. The number of carbonyl (C=O) groups is 1. The number of fused-ring (bicyclic) bond motifs is 1. The summed E-state index contributed by atoms with van der Waals surface area (Å²) in [7, 11) is 0. The zero-order valence-corrected chi connectivity index (χ0v) is 12.1. The first-order valence-electron chi connectivity index (χ1n) is 6.55. The highest BCUT2D eigenvalue weighted by molar-refractivity contribution is 6.29. The molecule has 1 aliphatic heterocycles. The third kappa shape index (κ3) is 2.45. The molecular weight excluding hydrogens is 293 g/mol. The van der Waals surface area contributed by atoms with Crippen molar-refractivity contribution in [1.82, 2.24) is 4.98 Å². The first kappa shape index (κ1) is 13.8. The molecule has 0 atom stereocenters. The van der Waals surface area contributed by atoms with Crippen LogP contribution in [0.4, 0.5) is 21.5 Å².